The minimum absolute atomic E-state index is 0.387. The van der Waals surface area contributed by atoms with Gasteiger partial charge in [0, 0.05) is 12.1 Å². The van der Waals surface area contributed by atoms with E-state index in [1.807, 2.05) is 0 Å². The average molecular weight is 212 g/mol. The van der Waals surface area contributed by atoms with Crippen LogP contribution in [0.1, 0.15) is 47.0 Å². The highest BCUT2D eigenvalue weighted by atomic mass is 15.1. The summed E-state index contributed by atoms with van der Waals surface area (Å²) in [6.07, 6.45) is 4.04. The summed E-state index contributed by atoms with van der Waals surface area (Å²) >= 11 is 0. The molecule has 0 saturated carbocycles. The zero-order chi connectivity index (χ0) is 11.5. The summed E-state index contributed by atoms with van der Waals surface area (Å²) in [5.74, 6) is 0. The lowest BCUT2D eigenvalue weighted by Gasteiger charge is -2.35. The van der Waals surface area contributed by atoms with Gasteiger partial charge in [0.15, 0.2) is 0 Å². The van der Waals surface area contributed by atoms with E-state index in [2.05, 4.69) is 45.0 Å². The molecule has 1 saturated heterocycles. The molecule has 2 atom stereocenters. The third kappa shape index (κ3) is 4.12. The lowest BCUT2D eigenvalue weighted by molar-refractivity contribution is 0.136. The third-order valence-electron chi connectivity index (χ3n) is 3.91. The van der Waals surface area contributed by atoms with Crippen LogP contribution in [0.25, 0.3) is 0 Å². The van der Waals surface area contributed by atoms with E-state index >= 15 is 0 Å². The Hall–Kier alpha value is -0.0800. The summed E-state index contributed by atoms with van der Waals surface area (Å²) in [7, 11) is 2.25. The van der Waals surface area contributed by atoms with Gasteiger partial charge in [0.05, 0.1) is 0 Å². The van der Waals surface area contributed by atoms with E-state index in [0.29, 0.717) is 11.5 Å². The quantitative estimate of drug-likeness (QED) is 0.770. The minimum atomic E-state index is 0.387. The highest BCUT2D eigenvalue weighted by molar-refractivity contribution is 4.80. The van der Waals surface area contributed by atoms with E-state index in [1.54, 1.807) is 0 Å². The zero-order valence-electron chi connectivity index (χ0n) is 11.1. The summed E-state index contributed by atoms with van der Waals surface area (Å²) in [6.45, 7) is 11.7. The van der Waals surface area contributed by atoms with Crippen molar-refractivity contribution in [2.24, 2.45) is 5.41 Å². The van der Waals surface area contributed by atoms with Crippen LogP contribution in [0.15, 0.2) is 0 Å². The van der Waals surface area contributed by atoms with Crippen LogP contribution in [-0.4, -0.2) is 37.1 Å². The van der Waals surface area contributed by atoms with E-state index in [9.17, 15) is 0 Å². The van der Waals surface area contributed by atoms with Crippen LogP contribution in [-0.2, 0) is 0 Å². The van der Waals surface area contributed by atoms with Crippen molar-refractivity contribution < 1.29 is 0 Å². The number of nitrogens with zero attached hydrogens (tertiary/aromatic N) is 1. The summed E-state index contributed by atoms with van der Waals surface area (Å²) in [6, 6.07) is 1.43. The molecule has 2 heteroatoms. The first-order valence-electron chi connectivity index (χ1n) is 6.35. The number of nitrogens with one attached hydrogen (secondary N) is 1. The molecule has 1 rings (SSSR count). The van der Waals surface area contributed by atoms with Crippen molar-refractivity contribution in [3.8, 4) is 0 Å². The Morgan fingerprint density at radius 3 is 2.53 bits per heavy atom. The fourth-order valence-corrected chi connectivity index (χ4v) is 2.22. The van der Waals surface area contributed by atoms with Crippen LogP contribution in [0.4, 0.5) is 0 Å². The average Bonchev–Trinajstić information content (AvgIpc) is 2.63. The van der Waals surface area contributed by atoms with Gasteiger partial charge in [0.1, 0.15) is 0 Å². The van der Waals surface area contributed by atoms with Gasteiger partial charge in [-0.05, 0) is 51.7 Å². The Balaban J connectivity index is 2.25. The van der Waals surface area contributed by atoms with Gasteiger partial charge >= 0.3 is 0 Å². The molecule has 0 bridgehead atoms. The lowest BCUT2D eigenvalue weighted by atomic mass is 9.87. The van der Waals surface area contributed by atoms with Crippen molar-refractivity contribution in [1.29, 1.82) is 0 Å². The molecule has 1 heterocycles. The predicted molar refractivity (Wildman–Crippen MR) is 67.2 cm³/mol. The summed E-state index contributed by atoms with van der Waals surface area (Å²) < 4.78 is 0. The maximum Gasteiger partial charge on any atom is 0.0112 e. The Labute approximate surface area is 95.4 Å². The van der Waals surface area contributed by atoms with Gasteiger partial charge in [0.25, 0.3) is 0 Å². The molecule has 0 aromatic heterocycles. The Morgan fingerprint density at radius 2 is 2.07 bits per heavy atom. The van der Waals surface area contributed by atoms with Crippen LogP contribution < -0.4 is 5.32 Å². The molecule has 0 aliphatic carbocycles. The molecule has 2 unspecified atom stereocenters. The minimum Gasteiger partial charge on any atom is -0.314 e. The highest BCUT2D eigenvalue weighted by Gasteiger charge is 2.24. The van der Waals surface area contributed by atoms with Crippen LogP contribution in [0, 0.1) is 5.41 Å². The second-order valence-corrected chi connectivity index (χ2v) is 6.10. The molecule has 2 nitrogen and oxygen atoms in total. The van der Waals surface area contributed by atoms with E-state index in [4.69, 9.17) is 0 Å². The van der Waals surface area contributed by atoms with E-state index in [0.717, 1.165) is 6.04 Å². The molecular weight excluding hydrogens is 184 g/mol. The van der Waals surface area contributed by atoms with Crippen molar-refractivity contribution in [2.45, 2.75) is 59.0 Å². The molecule has 0 radical (unpaired) electrons. The Bertz CT molecular complexity index is 177. The van der Waals surface area contributed by atoms with Gasteiger partial charge in [-0.1, -0.05) is 20.8 Å². The molecule has 90 valence electrons. The van der Waals surface area contributed by atoms with Gasteiger partial charge in [0.2, 0.25) is 0 Å². The van der Waals surface area contributed by atoms with Crippen molar-refractivity contribution >= 4 is 0 Å². The third-order valence-corrected chi connectivity index (χ3v) is 3.91. The van der Waals surface area contributed by atoms with Crippen molar-refractivity contribution in [2.75, 3.05) is 20.1 Å². The van der Waals surface area contributed by atoms with E-state index < -0.39 is 0 Å². The van der Waals surface area contributed by atoms with Crippen LogP contribution in [0.2, 0.25) is 0 Å². The Morgan fingerprint density at radius 1 is 1.40 bits per heavy atom. The number of rotatable bonds is 4. The van der Waals surface area contributed by atoms with Gasteiger partial charge in [-0.3, -0.25) is 0 Å². The maximum atomic E-state index is 3.56. The van der Waals surface area contributed by atoms with Crippen molar-refractivity contribution in [1.82, 2.24) is 10.2 Å². The fraction of sp³-hybridized carbons (Fsp3) is 1.00. The number of hydrogen-bond acceptors (Lipinski definition) is 2. The van der Waals surface area contributed by atoms with Crippen LogP contribution in [0.5, 0.6) is 0 Å². The van der Waals surface area contributed by atoms with Gasteiger partial charge in [-0.2, -0.15) is 0 Å². The maximum absolute atomic E-state index is 3.56. The van der Waals surface area contributed by atoms with Crippen LogP contribution >= 0.6 is 0 Å². The SMILES string of the molecule is CC(N(C)CCC1CCCN1)C(C)(C)C. The zero-order valence-corrected chi connectivity index (χ0v) is 11.1. The summed E-state index contributed by atoms with van der Waals surface area (Å²) in [5.41, 5.74) is 0.387. The molecule has 15 heavy (non-hydrogen) atoms. The molecule has 1 N–H and O–H groups in total. The fourth-order valence-electron chi connectivity index (χ4n) is 2.22. The second kappa shape index (κ2) is 5.31. The molecule has 0 aromatic carbocycles. The van der Waals surface area contributed by atoms with Gasteiger partial charge in [-0.15, -0.1) is 0 Å². The van der Waals surface area contributed by atoms with Gasteiger partial charge < -0.3 is 10.2 Å². The standard InChI is InChI=1S/C13H28N2/c1-11(13(2,3)4)15(5)10-8-12-7-6-9-14-12/h11-12,14H,6-10H2,1-5H3. The van der Waals surface area contributed by atoms with Crippen molar-refractivity contribution in [3.63, 3.8) is 0 Å². The second-order valence-electron chi connectivity index (χ2n) is 6.10. The topological polar surface area (TPSA) is 15.3 Å². The normalized spacial score (nSPS) is 24.8. The summed E-state index contributed by atoms with van der Waals surface area (Å²) in [4.78, 5) is 2.50. The Kier molecular flexibility index (Phi) is 4.60. The van der Waals surface area contributed by atoms with Gasteiger partial charge in [-0.25, -0.2) is 0 Å². The van der Waals surface area contributed by atoms with E-state index in [-0.39, 0.29) is 0 Å². The van der Waals surface area contributed by atoms with E-state index in [1.165, 1.54) is 32.4 Å². The first-order chi connectivity index (χ1) is 6.91. The molecule has 0 amide bonds. The molecule has 1 aliphatic heterocycles. The molecule has 1 aliphatic rings. The monoisotopic (exact) mass is 212 g/mol. The lowest BCUT2D eigenvalue weighted by Crippen LogP contribution is -2.41. The smallest absolute Gasteiger partial charge is 0.0112 e. The first kappa shape index (κ1) is 13.0. The molecule has 0 spiro atoms. The largest absolute Gasteiger partial charge is 0.314 e. The number of hydrogen-bond donors (Lipinski definition) is 1. The van der Waals surface area contributed by atoms with Crippen molar-refractivity contribution in [3.05, 3.63) is 0 Å². The molecular formula is C13H28N2. The highest BCUT2D eigenvalue weighted by Crippen LogP contribution is 2.23. The summed E-state index contributed by atoms with van der Waals surface area (Å²) in [5, 5.41) is 3.56. The predicted octanol–water partition coefficient (Wildman–Crippen LogP) is 2.49. The first-order valence-corrected chi connectivity index (χ1v) is 6.35. The molecule has 0 aromatic rings. The molecule has 1 fully saturated rings. The van der Waals surface area contributed by atoms with Crippen LogP contribution in [0.3, 0.4) is 0 Å².